The minimum Gasteiger partial charge on any atom is -0.507 e. The number of fused-ring (bicyclic) bond motifs is 1. The number of aldehydes is 1. The fourth-order valence-corrected chi connectivity index (χ4v) is 6.67. The molecule has 260 valence electrons. The van der Waals surface area contributed by atoms with Crippen LogP contribution in [0.5, 0.6) is 5.75 Å². The molecule has 3 N–H and O–H groups in total. The zero-order valence-electron chi connectivity index (χ0n) is 29.2. The molecule has 1 saturated heterocycles. The van der Waals surface area contributed by atoms with E-state index in [0.717, 1.165) is 66.1 Å². The smallest absolute Gasteiger partial charge is 0.254 e. The fraction of sp³-hybridized carbons (Fsp3) is 0.244. The standard InChI is InChI=1S/C39H37N7O3.C2H6/c1-2-45(39(49)28-12-17-35(48)29(23-28)25-47)30-18-21-44(22-19-30)24-26-10-13-31(14-11-26)46-37(32-9-6-20-41-36(32)40)43-34-16-15-33(42-38(34)46)27-7-4-3-5-8-27;1-2/h3-17,20,23,25,30,48H,2,18-19,21-22,24H2,1H3,(H2,40,41);1-2H3. The van der Waals surface area contributed by atoms with Gasteiger partial charge in [0.1, 0.15) is 17.1 Å². The highest BCUT2D eigenvalue weighted by atomic mass is 16.3. The Morgan fingerprint density at radius 3 is 2.37 bits per heavy atom. The monoisotopic (exact) mass is 681 g/mol. The Kier molecular flexibility index (Phi) is 10.8. The number of carbonyl (C=O) groups excluding carboxylic acids is 2. The van der Waals surface area contributed by atoms with Crippen LogP contribution in [-0.2, 0) is 6.54 Å². The van der Waals surface area contributed by atoms with Gasteiger partial charge in [-0.3, -0.25) is 19.1 Å². The summed E-state index contributed by atoms with van der Waals surface area (Å²) >= 11 is 0. The van der Waals surface area contributed by atoms with Gasteiger partial charge in [-0.15, -0.1) is 0 Å². The molecule has 0 radical (unpaired) electrons. The molecule has 4 heterocycles. The molecule has 0 saturated carbocycles. The number of rotatable bonds is 9. The van der Waals surface area contributed by atoms with Crippen LogP contribution in [0.2, 0.25) is 0 Å². The van der Waals surface area contributed by atoms with E-state index in [1.165, 1.54) is 17.7 Å². The van der Waals surface area contributed by atoms with E-state index >= 15 is 0 Å². The van der Waals surface area contributed by atoms with Gasteiger partial charge in [-0.2, -0.15) is 0 Å². The number of aromatic hydroxyl groups is 1. The summed E-state index contributed by atoms with van der Waals surface area (Å²) in [5, 5.41) is 9.86. The fourth-order valence-electron chi connectivity index (χ4n) is 6.67. The summed E-state index contributed by atoms with van der Waals surface area (Å²) < 4.78 is 2.05. The lowest BCUT2D eigenvalue weighted by Gasteiger charge is -2.38. The molecule has 1 aliphatic heterocycles. The van der Waals surface area contributed by atoms with Crippen LogP contribution in [0.4, 0.5) is 5.82 Å². The van der Waals surface area contributed by atoms with Gasteiger partial charge in [-0.1, -0.05) is 56.3 Å². The Hall–Kier alpha value is -5.87. The molecule has 0 atom stereocenters. The number of aromatic nitrogens is 4. The van der Waals surface area contributed by atoms with Crippen molar-refractivity contribution in [1.29, 1.82) is 0 Å². The van der Waals surface area contributed by atoms with Crippen molar-refractivity contribution in [1.82, 2.24) is 29.3 Å². The van der Waals surface area contributed by atoms with Gasteiger partial charge in [0.2, 0.25) is 0 Å². The molecule has 51 heavy (non-hydrogen) atoms. The second-order valence-corrected chi connectivity index (χ2v) is 12.3. The number of amides is 1. The number of likely N-dealkylation sites (tertiary alicyclic amines) is 1. The number of anilines is 1. The molecule has 3 aromatic carbocycles. The van der Waals surface area contributed by atoms with E-state index in [9.17, 15) is 14.7 Å². The minimum absolute atomic E-state index is 0.103. The normalized spacial score (nSPS) is 13.4. The highest BCUT2D eigenvalue weighted by Gasteiger charge is 2.28. The zero-order valence-corrected chi connectivity index (χ0v) is 29.2. The van der Waals surface area contributed by atoms with Crippen molar-refractivity contribution in [2.45, 2.75) is 46.2 Å². The number of hydrogen-bond acceptors (Lipinski definition) is 8. The molecule has 0 unspecified atom stereocenters. The van der Waals surface area contributed by atoms with E-state index < -0.39 is 0 Å². The zero-order chi connectivity index (χ0) is 35.9. The van der Waals surface area contributed by atoms with Crippen LogP contribution in [0, 0.1) is 0 Å². The molecule has 1 fully saturated rings. The number of nitrogens with two attached hydrogens (primary N) is 1. The van der Waals surface area contributed by atoms with Crippen molar-refractivity contribution >= 4 is 29.2 Å². The van der Waals surface area contributed by atoms with E-state index in [0.29, 0.717) is 30.0 Å². The summed E-state index contributed by atoms with van der Waals surface area (Å²) in [4.78, 5) is 43.3. The van der Waals surface area contributed by atoms with E-state index in [1.807, 2.05) is 84.8 Å². The van der Waals surface area contributed by atoms with Crippen molar-refractivity contribution in [3.63, 3.8) is 0 Å². The van der Waals surface area contributed by atoms with Crippen molar-refractivity contribution in [3.8, 4) is 34.1 Å². The number of benzene rings is 3. The number of hydrogen-bond donors (Lipinski definition) is 2. The SMILES string of the molecule is CC.CCN(C(=O)c1ccc(O)c(C=O)c1)C1CCN(Cc2ccc(-n3c(-c4cccnc4N)nc4ccc(-c5ccccc5)nc43)cc2)CC1. The molecule has 7 rings (SSSR count). The third-order valence-corrected chi connectivity index (χ3v) is 9.26. The average molecular weight is 682 g/mol. The topological polar surface area (TPSA) is 130 Å². The predicted octanol–water partition coefficient (Wildman–Crippen LogP) is 7.40. The molecule has 6 aromatic rings. The van der Waals surface area contributed by atoms with Crippen LogP contribution in [0.15, 0.2) is 103 Å². The number of nitrogens with zero attached hydrogens (tertiary/aromatic N) is 6. The first kappa shape index (κ1) is 35.0. The molecule has 1 amide bonds. The first-order valence-corrected chi connectivity index (χ1v) is 17.5. The average Bonchev–Trinajstić information content (AvgIpc) is 3.56. The lowest BCUT2D eigenvalue weighted by molar-refractivity contribution is 0.0581. The summed E-state index contributed by atoms with van der Waals surface area (Å²) in [7, 11) is 0. The first-order valence-electron chi connectivity index (χ1n) is 17.5. The minimum atomic E-state index is -0.123. The van der Waals surface area contributed by atoms with Crippen molar-refractivity contribution in [2.75, 3.05) is 25.4 Å². The van der Waals surface area contributed by atoms with Crippen molar-refractivity contribution in [3.05, 3.63) is 120 Å². The number of phenolic OH excluding ortho intramolecular Hbond substituents is 1. The van der Waals surface area contributed by atoms with E-state index in [-0.39, 0.29) is 23.3 Å². The second kappa shape index (κ2) is 15.8. The van der Waals surface area contributed by atoms with Crippen LogP contribution in [0.1, 0.15) is 59.9 Å². The van der Waals surface area contributed by atoms with Crippen LogP contribution in [-0.4, -0.2) is 72.3 Å². The van der Waals surface area contributed by atoms with E-state index in [1.54, 1.807) is 12.3 Å². The number of imidazole rings is 1. The summed E-state index contributed by atoms with van der Waals surface area (Å²) in [6.45, 7) is 9.04. The number of phenols is 1. The number of piperidine rings is 1. The maximum absolute atomic E-state index is 13.4. The molecule has 1 aliphatic rings. The molecular formula is C41H43N7O3. The van der Waals surface area contributed by atoms with E-state index in [4.69, 9.17) is 15.7 Å². The molecule has 0 aliphatic carbocycles. The lowest BCUT2D eigenvalue weighted by Crippen LogP contribution is -2.47. The molecule has 0 bridgehead atoms. The Labute approximate surface area is 298 Å². The summed E-state index contributed by atoms with van der Waals surface area (Å²) in [5.41, 5.74) is 13.1. The number of carbonyl (C=O) groups is 2. The molecule has 3 aromatic heterocycles. The third-order valence-electron chi connectivity index (χ3n) is 9.26. The second-order valence-electron chi connectivity index (χ2n) is 12.3. The quantitative estimate of drug-likeness (QED) is 0.151. The maximum atomic E-state index is 13.4. The Bertz CT molecular complexity index is 2120. The van der Waals surface area contributed by atoms with Gasteiger partial charge in [-0.25, -0.2) is 15.0 Å². The summed E-state index contributed by atoms with van der Waals surface area (Å²) in [5.74, 6) is 0.837. The lowest BCUT2D eigenvalue weighted by atomic mass is 10.0. The van der Waals surface area contributed by atoms with Gasteiger partial charge in [0.15, 0.2) is 17.8 Å². The highest BCUT2D eigenvalue weighted by Crippen LogP contribution is 2.32. The van der Waals surface area contributed by atoms with Crippen LogP contribution in [0.3, 0.4) is 0 Å². The first-order chi connectivity index (χ1) is 24.9. The van der Waals surface area contributed by atoms with Crippen LogP contribution >= 0.6 is 0 Å². The Balaban J connectivity index is 0.00000220. The van der Waals surface area contributed by atoms with Gasteiger partial charge in [0.25, 0.3) is 5.91 Å². The van der Waals surface area contributed by atoms with Crippen LogP contribution in [0.25, 0.3) is 39.5 Å². The van der Waals surface area contributed by atoms with Gasteiger partial charge in [-0.05, 0) is 79.9 Å². The number of pyridine rings is 2. The van der Waals surface area contributed by atoms with Gasteiger partial charge < -0.3 is 15.7 Å². The third kappa shape index (κ3) is 7.36. The maximum Gasteiger partial charge on any atom is 0.254 e. The van der Waals surface area contributed by atoms with Gasteiger partial charge in [0.05, 0.1) is 16.8 Å². The van der Waals surface area contributed by atoms with Gasteiger partial charge in [0, 0.05) is 55.2 Å². The molecular weight excluding hydrogens is 638 g/mol. The predicted molar refractivity (Wildman–Crippen MR) is 202 cm³/mol. The van der Waals surface area contributed by atoms with Gasteiger partial charge >= 0.3 is 0 Å². The Morgan fingerprint density at radius 2 is 1.69 bits per heavy atom. The summed E-state index contributed by atoms with van der Waals surface area (Å²) in [6, 6.07) is 30.9. The molecule has 0 spiro atoms. The Morgan fingerprint density at radius 1 is 0.941 bits per heavy atom. The van der Waals surface area contributed by atoms with E-state index in [2.05, 4.69) is 34.1 Å². The van der Waals surface area contributed by atoms with Crippen molar-refractivity contribution in [2.24, 2.45) is 0 Å². The molecule has 10 heteroatoms. The van der Waals surface area contributed by atoms with Crippen LogP contribution < -0.4 is 5.73 Å². The highest BCUT2D eigenvalue weighted by molar-refractivity contribution is 5.96. The largest absolute Gasteiger partial charge is 0.507 e. The van der Waals surface area contributed by atoms with Crippen molar-refractivity contribution < 1.29 is 14.7 Å². The number of nitrogen functional groups attached to an aromatic ring is 1. The molecule has 10 nitrogen and oxygen atoms in total. The summed E-state index contributed by atoms with van der Waals surface area (Å²) in [6.07, 6.45) is 3.94.